The minimum Gasteiger partial charge on any atom is -0.394 e. The van der Waals surface area contributed by atoms with Crippen LogP contribution in [0.15, 0.2) is 12.5 Å². The number of nitrogen functional groups attached to an aromatic ring is 1. The molecule has 0 spiro atoms. The lowest BCUT2D eigenvalue weighted by atomic mass is 9.97. The Bertz CT molecular complexity index is 774. The smallest absolute Gasteiger partial charge is 0.243 e. The molecule has 0 aromatic carbocycles. The largest absolute Gasteiger partial charge is 0.394 e. The van der Waals surface area contributed by atoms with E-state index in [-0.39, 0.29) is 16.9 Å². The lowest BCUT2D eigenvalue weighted by Crippen LogP contribution is -2.42. The molecular weight excluding hydrogens is 298 g/mol. The van der Waals surface area contributed by atoms with Gasteiger partial charge in [-0.25, -0.2) is 18.7 Å². The molecule has 1 aliphatic rings. The van der Waals surface area contributed by atoms with Crippen molar-refractivity contribution >= 4 is 16.9 Å². The van der Waals surface area contributed by atoms with Gasteiger partial charge in [-0.1, -0.05) is 5.92 Å². The van der Waals surface area contributed by atoms with E-state index >= 15 is 0 Å². The Morgan fingerprint density at radius 3 is 2.91 bits per heavy atom. The van der Waals surface area contributed by atoms with Crippen molar-refractivity contribution in [1.82, 2.24) is 14.5 Å². The minimum atomic E-state index is -2.66. The summed E-state index contributed by atoms with van der Waals surface area (Å²) in [6.45, 7) is -0.649. The van der Waals surface area contributed by atoms with Gasteiger partial charge in [0.1, 0.15) is 24.4 Å². The van der Waals surface area contributed by atoms with Crippen LogP contribution in [0.3, 0.4) is 0 Å². The first kappa shape index (κ1) is 14.6. The van der Waals surface area contributed by atoms with Crippen molar-refractivity contribution in [3.05, 3.63) is 18.3 Å². The number of hydrogen-bond donors (Lipinski definition) is 3. The highest BCUT2D eigenvalue weighted by molar-refractivity contribution is 5.86. The molecular formula is C13H12F2N4O3. The normalized spacial score (nSPS) is 31.5. The van der Waals surface area contributed by atoms with Gasteiger partial charge in [0, 0.05) is 6.20 Å². The van der Waals surface area contributed by atoms with Crippen molar-refractivity contribution < 1.29 is 23.7 Å². The summed E-state index contributed by atoms with van der Waals surface area (Å²) in [4.78, 5) is 7.52. The van der Waals surface area contributed by atoms with Gasteiger partial charge in [-0.15, -0.1) is 6.42 Å². The molecule has 4 N–H and O–H groups in total. The third-order valence-electron chi connectivity index (χ3n) is 3.69. The lowest BCUT2D eigenvalue weighted by Gasteiger charge is -2.23. The second-order valence-corrected chi connectivity index (χ2v) is 4.91. The second kappa shape index (κ2) is 4.88. The zero-order valence-corrected chi connectivity index (χ0v) is 11.1. The molecule has 0 radical (unpaired) electrons. The van der Waals surface area contributed by atoms with E-state index in [1.807, 2.05) is 5.92 Å². The predicted molar refractivity (Wildman–Crippen MR) is 71.6 cm³/mol. The molecule has 2 aromatic heterocycles. The molecule has 3 rings (SSSR count). The molecule has 7 nitrogen and oxygen atoms in total. The number of aliphatic hydroxyl groups excluding tert-OH is 2. The van der Waals surface area contributed by atoms with Gasteiger partial charge in [-0.05, 0) is 0 Å². The fraction of sp³-hybridized carbons (Fsp3) is 0.385. The van der Waals surface area contributed by atoms with Crippen LogP contribution in [-0.2, 0) is 4.74 Å². The fourth-order valence-corrected chi connectivity index (χ4v) is 2.56. The highest BCUT2D eigenvalue weighted by Gasteiger charge is 2.57. The summed E-state index contributed by atoms with van der Waals surface area (Å²) >= 11 is 0. The van der Waals surface area contributed by atoms with Crippen LogP contribution in [0, 0.1) is 18.2 Å². The van der Waals surface area contributed by atoms with E-state index in [0.717, 1.165) is 17.1 Å². The van der Waals surface area contributed by atoms with Crippen molar-refractivity contribution in [2.45, 2.75) is 24.1 Å². The lowest BCUT2D eigenvalue weighted by molar-refractivity contribution is -0.0503. The molecule has 1 aliphatic heterocycles. The monoisotopic (exact) mass is 310 g/mol. The molecule has 0 unspecified atom stereocenters. The number of halogens is 2. The Morgan fingerprint density at radius 2 is 2.27 bits per heavy atom. The van der Waals surface area contributed by atoms with Crippen LogP contribution in [0.5, 0.6) is 0 Å². The zero-order chi connectivity index (χ0) is 16.1. The first-order valence-corrected chi connectivity index (χ1v) is 6.31. The van der Waals surface area contributed by atoms with Crippen molar-refractivity contribution in [3.8, 4) is 12.3 Å². The summed E-state index contributed by atoms with van der Waals surface area (Å²) in [7, 11) is 0. The first-order valence-electron chi connectivity index (χ1n) is 6.31. The minimum absolute atomic E-state index is 0.0296. The van der Waals surface area contributed by atoms with Gasteiger partial charge in [0.25, 0.3) is 0 Å². The van der Waals surface area contributed by atoms with E-state index in [1.54, 1.807) is 0 Å². The van der Waals surface area contributed by atoms with Gasteiger partial charge in [0.05, 0.1) is 12.0 Å². The molecule has 4 atom stereocenters. The highest BCUT2D eigenvalue weighted by Crippen LogP contribution is 2.43. The number of aromatic nitrogens is 3. The van der Waals surface area contributed by atoms with E-state index in [2.05, 4.69) is 9.97 Å². The predicted octanol–water partition coefficient (Wildman–Crippen LogP) is -0.255. The summed E-state index contributed by atoms with van der Waals surface area (Å²) in [6, 6.07) is 0. The molecule has 2 aromatic rings. The van der Waals surface area contributed by atoms with Gasteiger partial charge >= 0.3 is 0 Å². The number of hydrogen-bond acceptors (Lipinski definition) is 6. The summed E-state index contributed by atoms with van der Waals surface area (Å²) in [5.74, 6) is 0.920. The van der Waals surface area contributed by atoms with E-state index in [9.17, 15) is 13.9 Å². The third kappa shape index (κ3) is 1.78. The van der Waals surface area contributed by atoms with Crippen LogP contribution >= 0.6 is 0 Å². The number of fused-ring (bicyclic) bond motifs is 1. The molecule has 0 saturated carbocycles. The van der Waals surface area contributed by atoms with Crippen molar-refractivity contribution in [2.24, 2.45) is 0 Å². The van der Waals surface area contributed by atoms with Crippen LogP contribution in [0.2, 0.25) is 0 Å². The Kier molecular flexibility index (Phi) is 3.25. The zero-order valence-electron chi connectivity index (χ0n) is 11.1. The number of nitrogens with zero attached hydrogens (tertiary/aromatic N) is 3. The highest BCUT2D eigenvalue weighted by atomic mass is 19.1. The quantitative estimate of drug-likeness (QED) is 0.660. The van der Waals surface area contributed by atoms with E-state index in [4.69, 9.17) is 22.0 Å². The molecule has 1 fully saturated rings. The third-order valence-corrected chi connectivity index (χ3v) is 3.69. The number of alkyl halides is 1. The molecule has 0 bridgehead atoms. The molecule has 0 amide bonds. The average molecular weight is 310 g/mol. The van der Waals surface area contributed by atoms with Gasteiger partial charge in [-0.3, -0.25) is 4.57 Å². The number of nitrogens with two attached hydrogens (primary N) is 1. The molecule has 1 saturated heterocycles. The SMILES string of the molecule is C#C[C@@]1(F)[C@H](O)[C@@H](CO)O[C@H]1n1cc(F)c2c(N)ncnc21. The molecule has 3 heterocycles. The molecule has 9 heteroatoms. The molecule has 22 heavy (non-hydrogen) atoms. The van der Waals surface area contributed by atoms with Crippen molar-refractivity contribution in [2.75, 3.05) is 12.3 Å². The number of ether oxygens (including phenoxy) is 1. The van der Waals surface area contributed by atoms with Gasteiger partial charge < -0.3 is 20.7 Å². The molecule has 116 valence electrons. The average Bonchev–Trinajstić information content (AvgIpc) is 2.97. The Morgan fingerprint density at radius 1 is 1.55 bits per heavy atom. The topological polar surface area (TPSA) is 106 Å². The fourth-order valence-electron chi connectivity index (χ4n) is 2.56. The van der Waals surface area contributed by atoms with Crippen LogP contribution in [-0.4, -0.2) is 49.2 Å². The van der Waals surface area contributed by atoms with Crippen LogP contribution < -0.4 is 5.73 Å². The van der Waals surface area contributed by atoms with Crippen molar-refractivity contribution in [3.63, 3.8) is 0 Å². The van der Waals surface area contributed by atoms with Gasteiger partial charge in [0.15, 0.2) is 17.7 Å². The Labute approximate surface area is 123 Å². The Balaban J connectivity index is 2.20. The summed E-state index contributed by atoms with van der Waals surface area (Å²) in [5, 5.41) is 18.9. The van der Waals surface area contributed by atoms with Gasteiger partial charge in [-0.2, -0.15) is 0 Å². The van der Waals surface area contributed by atoms with E-state index < -0.39 is 36.5 Å². The summed E-state index contributed by atoms with van der Waals surface area (Å²) in [6.07, 6.45) is 2.59. The van der Waals surface area contributed by atoms with Crippen LogP contribution in [0.25, 0.3) is 11.0 Å². The van der Waals surface area contributed by atoms with Gasteiger partial charge in [0.2, 0.25) is 5.67 Å². The molecule has 0 aliphatic carbocycles. The van der Waals surface area contributed by atoms with E-state index in [0.29, 0.717) is 0 Å². The maximum atomic E-state index is 14.9. The second-order valence-electron chi connectivity index (χ2n) is 4.91. The van der Waals surface area contributed by atoms with Crippen LogP contribution in [0.4, 0.5) is 14.6 Å². The van der Waals surface area contributed by atoms with Crippen LogP contribution in [0.1, 0.15) is 6.23 Å². The maximum absolute atomic E-state index is 14.9. The van der Waals surface area contributed by atoms with Crippen molar-refractivity contribution in [1.29, 1.82) is 0 Å². The summed E-state index contributed by atoms with van der Waals surface area (Å²) in [5.41, 5.74) is 2.89. The number of rotatable bonds is 2. The first-order chi connectivity index (χ1) is 10.4. The number of aliphatic hydroxyl groups is 2. The standard InChI is InChI=1S/C13H12F2N4O3/c1-2-13(15)9(21)7(4-20)22-12(13)19-3-6(14)8-10(16)17-5-18-11(8)19/h1,3,5,7,9,12,20-21H,4H2,(H2,16,17,18)/t7-,9-,12-,13-/m1/s1. The Hall–Kier alpha value is -2.28. The summed E-state index contributed by atoms with van der Waals surface area (Å²) < 4.78 is 35.2. The maximum Gasteiger partial charge on any atom is 0.243 e. The number of terminal acetylenes is 1. The number of anilines is 1. The van der Waals surface area contributed by atoms with E-state index in [1.165, 1.54) is 0 Å².